The zero-order valence-corrected chi connectivity index (χ0v) is 6.42. The van der Waals surface area contributed by atoms with E-state index in [1.54, 1.807) is 0 Å². The Bertz CT molecular complexity index is 185. The fourth-order valence-electron chi connectivity index (χ4n) is 2.46. The lowest BCUT2D eigenvalue weighted by atomic mass is 9.43. The van der Waals surface area contributed by atoms with Gasteiger partial charge < -0.3 is 10.8 Å². The molecule has 0 aromatic rings. The molecule has 1 atom stereocenters. The molecule has 3 rings (SSSR count). The predicted octanol–water partition coefficient (Wildman–Crippen LogP) is 0.588. The molecule has 2 bridgehead atoms. The highest BCUT2D eigenvalue weighted by atomic mass is 16.4. The van der Waals surface area contributed by atoms with Gasteiger partial charge in [0, 0.05) is 0 Å². The molecular formula is C8H13NO2. The average Bonchev–Trinajstić information content (AvgIpc) is 1.74. The third-order valence-corrected chi connectivity index (χ3v) is 3.14. The SMILES string of the molecule is N[C@@H](CC12CC(C1)C2)C(=O)O. The summed E-state index contributed by atoms with van der Waals surface area (Å²) >= 11 is 0. The van der Waals surface area contributed by atoms with Crippen LogP contribution in [0, 0.1) is 11.3 Å². The standard InChI is InChI=1S/C8H13NO2/c9-6(7(10)11)4-8-1-5(2-8)3-8/h5-6H,1-4,9H2,(H,10,11)/t5?,6-,8?/m0/s1. The van der Waals surface area contributed by atoms with Crippen molar-refractivity contribution >= 4 is 5.97 Å². The van der Waals surface area contributed by atoms with Gasteiger partial charge in [-0.15, -0.1) is 0 Å². The van der Waals surface area contributed by atoms with Gasteiger partial charge >= 0.3 is 5.97 Å². The average molecular weight is 155 g/mol. The molecular weight excluding hydrogens is 142 g/mol. The second-order valence-corrected chi connectivity index (χ2v) is 4.13. The predicted molar refractivity (Wildman–Crippen MR) is 40.0 cm³/mol. The summed E-state index contributed by atoms with van der Waals surface area (Å²) in [7, 11) is 0. The van der Waals surface area contributed by atoms with Crippen molar-refractivity contribution in [1.29, 1.82) is 0 Å². The van der Waals surface area contributed by atoms with Crippen LogP contribution < -0.4 is 5.73 Å². The van der Waals surface area contributed by atoms with Gasteiger partial charge in [0.15, 0.2) is 0 Å². The maximum absolute atomic E-state index is 10.4. The first kappa shape index (κ1) is 7.10. The molecule has 3 aliphatic rings. The molecule has 0 heterocycles. The Kier molecular flexibility index (Phi) is 1.27. The van der Waals surface area contributed by atoms with E-state index in [4.69, 9.17) is 10.8 Å². The molecule has 0 amide bonds. The van der Waals surface area contributed by atoms with Crippen LogP contribution in [-0.4, -0.2) is 17.1 Å². The van der Waals surface area contributed by atoms with Crippen LogP contribution in [0.5, 0.6) is 0 Å². The zero-order valence-electron chi connectivity index (χ0n) is 6.42. The molecule has 0 spiro atoms. The maximum atomic E-state index is 10.4. The Morgan fingerprint density at radius 3 is 2.45 bits per heavy atom. The summed E-state index contributed by atoms with van der Waals surface area (Å²) in [5.41, 5.74) is 5.80. The van der Waals surface area contributed by atoms with E-state index in [0.717, 1.165) is 5.92 Å². The van der Waals surface area contributed by atoms with Gasteiger partial charge in [-0.3, -0.25) is 4.79 Å². The van der Waals surface area contributed by atoms with Crippen molar-refractivity contribution in [3.8, 4) is 0 Å². The van der Waals surface area contributed by atoms with E-state index in [0.29, 0.717) is 11.8 Å². The van der Waals surface area contributed by atoms with Crippen molar-refractivity contribution < 1.29 is 9.90 Å². The van der Waals surface area contributed by atoms with E-state index in [1.807, 2.05) is 0 Å². The number of carboxylic acid groups (broad SMARTS) is 1. The summed E-state index contributed by atoms with van der Waals surface area (Å²) in [4.78, 5) is 10.4. The van der Waals surface area contributed by atoms with Crippen molar-refractivity contribution in [2.24, 2.45) is 17.1 Å². The largest absolute Gasteiger partial charge is 0.480 e. The Balaban J connectivity index is 1.85. The Morgan fingerprint density at radius 1 is 1.64 bits per heavy atom. The van der Waals surface area contributed by atoms with E-state index >= 15 is 0 Å². The van der Waals surface area contributed by atoms with E-state index < -0.39 is 12.0 Å². The molecule has 0 aromatic heterocycles. The Hall–Kier alpha value is -0.570. The van der Waals surface area contributed by atoms with Gasteiger partial charge in [0.2, 0.25) is 0 Å². The van der Waals surface area contributed by atoms with Crippen molar-refractivity contribution in [3.05, 3.63) is 0 Å². The maximum Gasteiger partial charge on any atom is 0.320 e. The van der Waals surface area contributed by atoms with Gasteiger partial charge in [-0.1, -0.05) is 0 Å². The summed E-state index contributed by atoms with van der Waals surface area (Å²) in [6.45, 7) is 0. The second-order valence-electron chi connectivity index (χ2n) is 4.13. The van der Waals surface area contributed by atoms with Gasteiger partial charge in [0.25, 0.3) is 0 Å². The van der Waals surface area contributed by atoms with Gasteiger partial charge in [0.05, 0.1) is 0 Å². The van der Waals surface area contributed by atoms with E-state index in [-0.39, 0.29) is 0 Å². The number of nitrogens with two attached hydrogens (primary N) is 1. The van der Waals surface area contributed by atoms with Crippen molar-refractivity contribution in [2.75, 3.05) is 0 Å². The minimum Gasteiger partial charge on any atom is -0.480 e. The van der Waals surface area contributed by atoms with Crippen LogP contribution in [0.25, 0.3) is 0 Å². The molecule has 3 heteroatoms. The van der Waals surface area contributed by atoms with Crippen molar-refractivity contribution in [2.45, 2.75) is 31.7 Å². The minimum atomic E-state index is -0.852. The van der Waals surface area contributed by atoms with Gasteiger partial charge in [0.1, 0.15) is 6.04 Å². The molecule has 3 aliphatic carbocycles. The molecule has 0 aliphatic heterocycles. The topological polar surface area (TPSA) is 63.3 Å². The quantitative estimate of drug-likeness (QED) is 0.627. The summed E-state index contributed by atoms with van der Waals surface area (Å²) in [6.07, 6.45) is 4.38. The lowest BCUT2D eigenvalue weighted by molar-refractivity contribution is -0.148. The van der Waals surface area contributed by atoms with Crippen LogP contribution in [0.3, 0.4) is 0 Å². The van der Waals surface area contributed by atoms with E-state index in [9.17, 15) is 4.79 Å². The van der Waals surface area contributed by atoms with E-state index in [1.165, 1.54) is 19.3 Å². The number of hydrogen-bond acceptors (Lipinski definition) is 2. The van der Waals surface area contributed by atoms with Crippen LogP contribution in [-0.2, 0) is 4.79 Å². The highest BCUT2D eigenvalue weighted by molar-refractivity contribution is 5.73. The monoisotopic (exact) mass is 155 g/mol. The molecule has 0 radical (unpaired) electrons. The molecule has 3 nitrogen and oxygen atoms in total. The third-order valence-electron chi connectivity index (χ3n) is 3.14. The second kappa shape index (κ2) is 1.97. The number of aliphatic carboxylic acids is 1. The molecule has 0 unspecified atom stereocenters. The third kappa shape index (κ3) is 0.948. The molecule has 3 N–H and O–H groups in total. The Labute approximate surface area is 65.6 Å². The first-order chi connectivity index (χ1) is 5.11. The molecule has 0 aromatic carbocycles. The van der Waals surface area contributed by atoms with Gasteiger partial charge in [-0.25, -0.2) is 0 Å². The van der Waals surface area contributed by atoms with Crippen molar-refractivity contribution in [3.63, 3.8) is 0 Å². The summed E-state index contributed by atoms with van der Waals surface area (Å²) in [6, 6.07) is -0.628. The molecule has 3 saturated carbocycles. The van der Waals surface area contributed by atoms with Gasteiger partial charge in [-0.2, -0.15) is 0 Å². The number of rotatable bonds is 3. The highest BCUT2D eigenvalue weighted by Crippen LogP contribution is 2.66. The Morgan fingerprint density at radius 2 is 2.18 bits per heavy atom. The number of carbonyl (C=O) groups is 1. The normalized spacial score (nSPS) is 42.1. The minimum absolute atomic E-state index is 0.364. The lowest BCUT2D eigenvalue weighted by Crippen LogP contribution is -2.55. The molecule has 62 valence electrons. The van der Waals surface area contributed by atoms with Crippen LogP contribution in [0.2, 0.25) is 0 Å². The molecule has 3 fully saturated rings. The van der Waals surface area contributed by atoms with Crippen molar-refractivity contribution in [1.82, 2.24) is 0 Å². The first-order valence-electron chi connectivity index (χ1n) is 4.10. The summed E-state index contributed by atoms with van der Waals surface area (Å²) in [5.74, 6) is 0.0609. The van der Waals surface area contributed by atoms with Crippen LogP contribution in [0.4, 0.5) is 0 Å². The van der Waals surface area contributed by atoms with E-state index in [2.05, 4.69) is 0 Å². The highest BCUT2D eigenvalue weighted by Gasteiger charge is 2.56. The fraction of sp³-hybridized carbons (Fsp3) is 0.875. The summed E-state index contributed by atoms with van der Waals surface area (Å²) in [5, 5.41) is 8.56. The first-order valence-corrected chi connectivity index (χ1v) is 4.10. The number of carboxylic acids is 1. The van der Waals surface area contributed by atoms with Crippen LogP contribution in [0.15, 0.2) is 0 Å². The number of hydrogen-bond donors (Lipinski definition) is 2. The van der Waals surface area contributed by atoms with Crippen LogP contribution >= 0.6 is 0 Å². The van der Waals surface area contributed by atoms with Gasteiger partial charge in [-0.05, 0) is 37.0 Å². The summed E-state index contributed by atoms with van der Waals surface area (Å²) < 4.78 is 0. The zero-order chi connectivity index (χ0) is 8.06. The lowest BCUT2D eigenvalue weighted by Gasteiger charge is -2.62. The van der Waals surface area contributed by atoms with Crippen LogP contribution in [0.1, 0.15) is 25.7 Å². The fourth-order valence-corrected chi connectivity index (χ4v) is 2.46. The molecule has 11 heavy (non-hydrogen) atoms. The smallest absolute Gasteiger partial charge is 0.320 e. The molecule has 0 saturated heterocycles.